The van der Waals surface area contributed by atoms with Gasteiger partial charge >= 0.3 is 0 Å². The number of rotatable bonds is 13. The summed E-state index contributed by atoms with van der Waals surface area (Å²) < 4.78 is 12.7. The van der Waals surface area contributed by atoms with E-state index < -0.39 is 0 Å². The van der Waals surface area contributed by atoms with E-state index in [9.17, 15) is 4.79 Å². The fraction of sp³-hybridized carbons (Fsp3) is 0.290. The third-order valence-corrected chi connectivity index (χ3v) is 7.11. The van der Waals surface area contributed by atoms with Gasteiger partial charge in [0, 0.05) is 62.9 Å². The van der Waals surface area contributed by atoms with Crippen LogP contribution in [-0.4, -0.2) is 78.1 Å². The van der Waals surface area contributed by atoms with Crippen molar-refractivity contribution in [2.24, 2.45) is 0 Å². The largest absolute Gasteiger partial charge is 0.494 e. The molecule has 218 valence electrons. The Kier molecular flexibility index (Phi) is 9.10. The maximum absolute atomic E-state index is 12.3. The third kappa shape index (κ3) is 6.59. The average molecular weight is 569 g/mol. The van der Waals surface area contributed by atoms with Gasteiger partial charge in [-0.1, -0.05) is 36.9 Å². The SMILES string of the molecule is C=CC(=O)Nc1cc(Nc2nccc(-n3cc(CN4CCC4)c(-c4ccccc4)n3)n2)c(OC)cc1N(C)CCOC. The first-order chi connectivity index (χ1) is 20.5. The molecule has 42 heavy (non-hydrogen) atoms. The lowest BCUT2D eigenvalue weighted by Gasteiger charge is -2.30. The van der Waals surface area contributed by atoms with Gasteiger partial charge in [0.15, 0.2) is 5.82 Å². The van der Waals surface area contributed by atoms with Crippen molar-refractivity contribution < 1.29 is 14.3 Å². The highest BCUT2D eigenvalue weighted by atomic mass is 16.5. The maximum atomic E-state index is 12.3. The fourth-order valence-electron chi connectivity index (χ4n) is 4.70. The van der Waals surface area contributed by atoms with Crippen LogP contribution in [0.4, 0.5) is 23.0 Å². The molecule has 0 spiro atoms. The van der Waals surface area contributed by atoms with E-state index in [-0.39, 0.29) is 5.91 Å². The van der Waals surface area contributed by atoms with Crippen LogP contribution in [0.25, 0.3) is 17.1 Å². The van der Waals surface area contributed by atoms with Crippen LogP contribution < -0.4 is 20.3 Å². The Morgan fingerprint density at radius 3 is 2.64 bits per heavy atom. The molecular formula is C31H36N8O3. The molecule has 4 aromatic rings. The van der Waals surface area contributed by atoms with E-state index in [1.807, 2.05) is 48.5 Å². The van der Waals surface area contributed by atoms with Crippen LogP contribution in [0.1, 0.15) is 12.0 Å². The molecule has 0 unspecified atom stereocenters. The molecule has 1 saturated heterocycles. The van der Waals surface area contributed by atoms with Crippen LogP contribution in [-0.2, 0) is 16.1 Å². The summed E-state index contributed by atoms with van der Waals surface area (Å²) in [6, 6.07) is 15.7. The lowest BCUT2D eigenvalue weighted by atomic mass is 10.1. The molecule has 1 amide bonds. The van der Waals surface area contributed by atoms with Crippen LogP contribution >= 0.6 is 0 Å². The smallest absolute Gasteiger partial charge is 0.247 e. The fourth-order valence-corrected chi connectivity index (χ4v) is 4.70. The van der Waals surface area contributed by atoms with Gasteiger partial charge in [-0.25, -0.2) is 9.67 Å². The maximum Gasteiger partial charge on any atom is 0.247 e. The van der Waals surface area contributed by atoms with Crippen molar-refractivity contribution in [3.63, 3.8) is 0 Å². The van der Waals surface area contributed by atoms with Gasteiger partial charge in [0.2, 0.25) is 11.9 Å². The molecule has 1 aliphatic rings. The molecule has 0 bridgehead atoms. The summed E-state index contributed by atoms with van der Waals surface area (Å²) in [6.45, 7) is 7.74. The zero-order valence-corrected chi connectivity index (χ0v) is 24.2. The first-order valence-corrected chi connectivity index (χ1v) is 13.8. The quantitative estimate of drug-likeness (QED) is 0.225. The first kappa shape index (κ1) is 28.8. The van der Waals surface area contributed by atoms with Crippen molar-refractivity contribution in [1.82, 2.24) is 24.6 Å². The van der Waals surface area contributed by atoms with Gasteiger partial charge < -0.3 is 25.0 Å². The Hall–Kier alpha value is -4.74. The summed E-state index contributed by atoms with van der Waals surface area (Å²) in [5.74, 6) is 1.21. The number of carbonyl (C=O) groups is 1. The van der Waals surface area contributed by atoms with E-state index in [0.717, 1.165) is 42.1 Å². The molecule has 5 rings (SSSR count). The van der Waals surface area contributed by atoms with Crippen LogP contribution in [0.2, 0.25) is 0 Å². The Balaban J connectivity index is 1.47. The van der Waals surface area contributed by atoms with E-state index in [2.05, 4.69) is 39.2 Å². The molecule has 1 fully saturated rings. The molecule has 0 radical (unpaired) electrons. The van der Waals surface area contributed by atoms with Crippen molar-refractivity contribution in [1.29, 1.82) is 0 Å². The topological polar surface area (TPSA) is 110 Å². The van der Waals surface area contributed by atoms with Gasteiger partial charge in [0.1, 0.15) is 5.75 Å². The van der Waals surface area contributed by atoms with Crippen molar-refractivity contribution in [3.05, 3.63) is 79.1 Å². The van der Waals surface area contributed by atoms with Gasteiger partial charge in [0.25, 0.3) is 0 Å². The number of nitrogens with one attached hydrogen (secondary N) is 2. The second-order valence-corrected chi connectivity index (χ2v) is 9.98. The van der Waals surface area contributed by atoms with E-state index in [1.54, 1.807) is 31.2 Å². The number of carbonyl (C=O) groups excluding carboxylic acids is 1. The molecule has 2 aromatic heterocycles. The molecule has 2 N–H and O–H groups in total. The van der Waals surface area contributed by atoms with Crippen LogP contribution in [0.15, 0.2) is 73.6 Å². The minimum absolute atomic E-state index is 0.326. The Morgan fingerprint density at radius 1 is 1.14 bits per heavy atom. The minimum atomic E-state index is -0.326. The summed E-state index contributed by atoms with van der Waals surface area (Å²) in [4.78, 5) is 25.8. The molecule has 11 nitrogen and oxygen atoms in total. The number of amides is 1. The van der Waals surface area contributed by atoms with E-state index >= 15 is 0 Å². The Bertz CT molecular complexity index is 1530. The van der Waals surface area contributed by atoms with Gasteiger partial charge in [-0.05, 0) is 31.7 Å². The number of nitrogens with zero attached hydrogens (tertiary/aromatic N) is 6. The number of aromatic nitrogens is 4. The van der Waals surface area contributed by atoms with E-state index in [4.69, 9.17) is 19.6 Å². The summed E-state index contributed by atoms with van der Waals surface area (Å²) in [7, 11) is 5.16. The highest BCUT2D eigenvalue weighted by Gasteiger charge is 2.20. The lowest BCUT2D eigenvalue weighted by Crippen LogP contribution is -2.36. The number of likely N-dealkylation sites (N-methyl/N-ethyl adjacent to an activating group) is 1. The molecule has 11 heteroatoms. The predicted octanol–water partition coefficient (Wildman–Crippen LogP) is 4.49. The molecular weight excluding hydrogens is 532 g/mol. The summed E-state index contributed by atoms with van der Waals surface area (Å²) in [6.07, 6.45) is 6.18. The number of hydrogen-bond acceptors (Lipinski definition) is 9. The highest BCUT2D eigenvalue weighted by molar-refractivity contribution is 6.02. The van der Waals surface area contributed by atoms with Crippen molar-refractivity contribution in [2.45, 2.75) is 13.0 Å². The summed E-state index contributed by atoms with van der Waals surface area (Å²) in [5.41, 5.74) is 5.07. The molecule has 1 aliphatic heterocycles. The van der Waals surface area contributed by atoms with Crippen LogP contribution in [0, 0.1) is 0 Å². The zero-order chi connectivity index (χ0) is 29.5. The lowest BCUT2D eigenvalue weighted by molar-refractivity contribution is -0.111. The second-order valence-electron chi connectivity index (χ2n) is 9.98. The molecule has 0 saturated carbocycles. The Labute approximate surface area is 245 Å². The van der Waals surface area contributed by atoms with Gasteiger partial charge in [0.05, 0.1) is 36.5 Å². The van der Waals surface area contributed by atoms with Crippen molar-refractivity contribution in [2.75, 3.05) is 63.0 Å². The van der Waals surface area contributed by atoms with Crippen molar-refractivity contribution >= 4 is 28.9 Å². The monoisotopic (exact) mass is 568 g/mol. The molecule has 0 aliphatic carbocycles. The van der Waals surface area contributed by atoms with Gasteiger partial charge in [-0.15, -0.1) is 0 Å². The summed E-state index contributed by atoms with van der Waals surface area (Å²) in [5, 5.41) is 11.1. The van der Waals surface area contributed by atoms with Crippen LogP contribution in [0.3, 0.4) is 0 Å². The van der Waals surface area contributed by atoms with E-state index in [1.165, 1.54) is 12.5 Å². The molecule has 2 aromatic carbocycles. The number of ether oxygens (including phenoxy) is 2. The minimum Gasteiger partial charge on any atom is -0.494 e. The first-order valence-electron chi connectivity index (χ1n) is 13.8. The van der Waals surface area contributed by atoms with Gasteiger partial charge in [-0.2, -0.15) is 10.1 Å². The standard InChI is InChI=1S/C31H36N8O3/c1-5-29(40)33-24-18-25(27(42-4)19-26(24)37(2)16-17-41-3)34-31-32-13-12-28(35-31)39-21-23(20-38-14-9-15-38)30(36-39)22-10-7-6-8-11-22/h5-8,10-13,18-19,21H,1,9,14-17,20H2,2-4H3,(H,33,40)(H,32,34,35). The predicted molar refractivity (Wildman–Crippen MR) is 165 cm³/mol. The van der Waals surface area contributed by atoms with Crippen LogP contribution in [0.5, 0.6) is 5.75 Å². The second kappa shape index (κ2) is 13.3. The number of anilines is 4. The number of methoxy groups -OCH3 is 2. The number of hydrogen-bond donors (Lipinski definition) is 2. The molecule has 0 atom stereocenters. The number of benzene rings is 2. The average Bonchev–Trinajstić information content (AvgIpc) is 3.42. The molecule has 3 heterocycles. The zero-order valence-electron chi connectivity index (χ0n) is 24.2. The van der Waals surface area contributed by atoms with Crippen molar-refractivity contribution in [3.8, 4) is 22.8 Å². The third-order valence-electron chi connectivity index (χ3n) is 7.11. The van der Waals surface area contributed by atoms with Gasteiger partial charge in [-0.3, -0.25) is 9.69 Å². The number of likely N-dealkylation sites (tertiary alicyclic amines) is 1. The normalized spacial score (nSPS) is 12.8. The highest BCUT2D eigenvalue weighted by Crippen LogP contribution is 2.38. The Morgan fingerprint density at radius 2 is 1.95 bits per heavy atom. The van der Waals surface area contributed by atoms with E-state index in [0.29, 0.717) is 42.0 Å². The summed E-state index contributed by atoms with van der Waals surface area (Å²) >= 11 is 0.